The van der Waals surface area contributed by atoms with Gasteiger partial charge in [-0.05, 0) is 131 Å². The van der Waals surface area contributed by atoms with E-state index in [2.05, 4.69) is 140 Å². The van der Waals surface area contributed by atoms with E-state index >= 15 is 0 Å². The summed E-state index contributed by atoms with van der Waals surface area (Å²) in [5.41, 5.74) is 13.1. The SMILES string of the molecule is CC(C)(C)C1=C2C3=C(CC1)B1C4Sc5ccccc5C4N(C4=C5SC6C=CC=CC6C5CCC4)C4C=C(N(C5CC=CCC5)C5CCCCC5)CC(C14)N3C(C)(C)C21CCCCC1. The lowest BCUT2D eigenvalue weighted by Gasteiger charge is -2.63. The van der Waals surface area contributed by atoms with Gasteiger partial charge in [0.05, 0.1) is 6.04 Å². The molecule has 6 heteroatoms. The summed E-state index contributed by atoms with van der Waals surface area (Å²) in [6.45, 7) is 13.9. The maximum Gasteiger partial charge on any atom is 0.198 e. The highest BCUT2D eigenvalue weighted by molar-refractivity contribution is 8.04. The molecule has 63 heavy (non-hydrogen) atoms. The van der Waals surface area contributed by atoms with Crippen LogP contribution in [0.3, 0.4) is 0 Å². The number of hydrogen-bond donors (Lipinski definition) is 0. The van der Waals surface area contributed by atoms with Gasteiger partial charge in [-0.15, -0.1) is 23.5 Å². The minimum absolute atomic E-state index is 0.0804. The quantitative estimate of drug-likeness (QED) is 0.220. The van der Waals surface area contributed by atoms with E-state index in [1.807, 2.05) is 22.3 Å². The Bertz CT molecular complexity index is 2270. The number of benzene rings is 1. The summed E-state index contributed by atoms with van der Waals surface area (Å²) in [5, 5.41) is 1.14. The van der Waals surface area contributed by atoms with E-state index in [0.717, 1.165) is 0 Å². The molecule has 0 aromatic heterocycles. The molecule has 7 aliphatic carbocycles. The molecule has 9 atom stereocenters. The number of thioether (sulfide) groups is 2. The molecule has 0 N–H and O–H groups in total. The molecular formula is C57H74BN3S2. The molecular weight excluding hydrogens is 802 g/mol. The second kappa shape index (κ2) is 15.0. The molecule has 3 nitrogen and oxygen atoms in total. The molecule has 5 heterocycles. The molecule has 12 aliphatic rings. The van der Waals surface area contributed by atoms with E-state index < -0.39 is 0 Å². The van der Waals surface area contributed by atoms with Crippen molar-refractivity contribution in [1.29, 1.82) is 0 Å². The number of hydrogen-bond acceptors (Lipinski definition) is 5. The number of allylic oxidation sites excluding steroid dienone is 9. The third-order valence-corrected chi connectivity index (χ3v) is 22.8. The van der Waals surface area contributed by atoms with Crippen molar-refractivity contribution in [2.45, 2.75) is 213 Å². The summed E-state index contributed by atoms with van der Waals surface area (Å²) in [7, 11) is 0. The fourth-order valence-corrected chi connectivity index (χ4v) is 20.7. The first-order valence-electron chi connectivity index (χ1n) is 26.4. The Morgan fingerprint density at radius 2 is 1.63 bits per heavy atom. The molecule has 5 fully saturated rings. The summed E-state index contributed by atoms with van der Waals surface area (Å²) in [6, 6.07) is 12.5. The summed E-state index contributed by atoms with van der Waals surface area (Å²) >= 11 is 4.61. The predicted molar refractivity (Wildman–Crippen MR) is 268 cm³/mol. The van der Waals surface area contributed by atoms with Crippen LogP contribution in [0.1, 0.15) is 168 Å². The zero-order valence-electron chi connectivity index (χ0n) is 39.3. The van der Waals surface area contributed by atoms with Crippen molar-refractivity contribution in [3.05, 3.63) is 111 Å². The van der Waals surface area contributed by atoms with Crippen molar-refractivity contribution in [3.8, 4) is 0 Å². The Morgan fingerprint density at radius 3 is 2.44 bits per heavy atom. The van der Waals surface area contributed by atoms with Crippen LogP contribution in [0.4, 0.5) is 0 Å². The van der Waals surface area contributed by atoms with E-state index in [0.29, 0.717) is 65.0 Å². The van der Waals surface area contributed by atoms with E-state index in [4.69, 9.17) is 0 Å². The fraction of sp³-hybridized carbons (Fsp3) is 0.649. The lowest BCUT2D eigenvalue weighted by Crippen LogP contribution is -2.68. The van der Waals surface area contributed by atoms with E-state index in [-0.39, 0.29) is 16.4 Å². The van der Waals surface area contributed by atoms with Gasteiger partial charge in [0, 0.05) is 84.8 Å². The molecule has 0 radical (unpaired) electrons. The van der Waals surface area contributed by atoms with Crippen LogP contribution >= 0.6 is 23.5 Å². The van der Waals surface area contributed by atoms with Crippen molar-refractivity contribution >= 4 is 30.2 Å². The van der Waals surface area contributed by atoms with Crippen molar-refractivity contribution in [3.63, 3.8) is 0 Å². The standard InChI is InChI=1S/C57H74BN3S2/c1-55(2,3)42-30-31-43-52-49(42)57(32-17-8-18-33-57)56(4,5)61(52)46-35-38(59(36-20-9-6-10-21-36)37-22-11-7-12-23-37)34-45-50(46)58(43)54-51(41-25-14-16-29-48(41)63-54)60(45)44-27-19-26-40-39-24-13-15-28-47(39)62-53(40)44/h6,9,13-16,24-25,28-29,34,36-37,39-40,45-47,50-51,54H,7-8,10-12,17-23,26-27,30-33,35H2,1-5H3. The third kappa shape index (κ3) is 5.86. The minimum atomic E-state index is 0.0804. The van der Waals surface area contributed by atoms with E-state index in [1.54, 1.807) is 26.8 Å². The Morgan fingerprint density at radius 1 is 0.825 bits per heavy atom. The third-order valence-electron chi connectivity index (χ3n) is 19.8. The summed E-state index contributed by atoms with van der Waals surface area (Å²) < 4.78 is 0. The predicted octanol–water partition coefficient (Wildman–Crippen LogP) is 14.5. The summed E-state index contributed by atoms with van der Waals surface area (Å²) in [6.07, 6.45) is 43.4. The van der Waals surface area contributed by atoms with Crippen LogP contribution in [-0.2, 0) is 0 Å². The first kappa shape index (κ1) is 40.8. The molecule has 1 aromatic rings. The van der Waals surface area contributed by atoms with Gasteiger partial charge < -0.3 is 14.7 Å². The van der Waals surface area contributed by atoms with Crippen LogP contribution in [0.2, 0.25) is 5.82 Å². The lowest BCUT2D eigenvalue weighted by molar-refractivity contribution is 0.00692. The Kier molecular flexibility index (Phi) is 9.74. The topological polar surface area (TPSA) is 9.72 Å². The molecule has 2 saturated carbocycles. The van der Waals surface area contributed by atoms with Gasteiger partial charge in [-0.1, -0.05) is 125 Å². The van der Waals surface area contributed by atoms with E-state index in [9.17, 15) is 0 Å². The number of rotatable bonds is 4. The number of nitrogens with zero attached hydrogens (tertiary/aromatic N) is 3. The maximum atomic E-state index is 3.29. The molecule has 3 saturated heterocycles. The van der Waals surface area contributed by atoms with Crippen LogP contribution in [0.25, 0.3) is 0 Å². The van der Waals surface area contributed by atoms with Crippen LogP contribution in [0.5, 0.6) is 0 Å². The Labute approximate surface area is 389 Å². The van der Waals surface area contributed by atoms with Crippen LogP contribution in [0, 0.1) is 22.7 Å². The monoisotopic (exact) mass is 876 g/mol. The van der Waals surface area contributed by atoms with Gasteiger partial charge in [-0.2, -0.15) is 0 Å². The molecule has 332 valence electrons. The normalized spacial score (nSPS) is 37.2. The van der Waals surface area contributed by atoms with E-state index in [1.165, 1.54) is 122 Å². The molecule has 5 aliphatic heterocycles. The van der Waals surface area contributed by atoms with Crippen molar-refractivity contribution in [2.75, 3.05) is 0 Å². The Hall–Kier alpha value is -2.44. The van der Waals surface area contributed by atoms with Gasteiger partial charge in [0.15, 0.2) is 6.71 Å². The molecule has 9 unspecified atom stereocenters. The van der Waals surface area contributed by atoms with Gasteiger partial charge in [0.1, 0.15) is 0 Å². The largest absolute Gasteiger partial charge is 0.369 e. The average molecular weight is 876 g/mol. The first-order valence-corrected chi connectivity index (χ1v) is 28.1. The van der Waals surface area contributed by atoms with Crippen LogP contribution in [0.15, 0.2) is 110 Å². The fourth-order valence-electron chi connectivity index (χ4n) is 17.3. The summed E-state index contributed by atoms with van der Waals surface area (Å²) in [4.78, 5) is 13.1. The molecule has 13 rings (SSSR count). The minimum Gasteiger partial charge on any atom is -0.369 e. The summed E-state index contributed by atoms with van der Waals surface area (Å²) in [5.74, 6) is 1.92. The second-order valence-electron chi connectivity index (χ2n) is 23.9. The number of fused-ring (bicyclic) bond motifs is 10. The zero-order valence-corrected chi connectivity index (χ0v) is 40.9. The van der Waals surface area contributed by atoms with Crippen molar-refractivity contribution in [2.24, 2.45) is 22.7 Å². The zero-order chi connectivity index (χ0) is 42.4. The highest BCUT2D eigenvalue weighted by Crippen LogP contribution is 2.72. The van der Waals surface area contributed by atoms with Gasteiger partial charge in [-0.25, -0.2) is 0 Å². The van der Waals surface area contributed by atoms with Crippen molar-refractivity contribution < 1.29 is 0 Å². The van der Waals surface area contributed by atoms with Gasteiger partial charge >= 0.3 is 0 Å². The van der Waals surface area contributed by atoms with Gasteiger partial charge in [0.25, 0.3) is 0 Å². The highest BCUT2D eigenvalue weighted by Gasteiger charge is 2.70. The van der Waals surface area contributed by atoms with Gasteiger partial charge in [0.2, 0.25) is 0 Å². The molecule has 1 aromatic carbocycles. The first-order chi connectivity index (χ1) is 30.7. The van der Waals surface area contributed by atoms with Crippen LogP contribution < -0.4 is 0 Å². The molecule has 0 bridgehead atoms. The average Bonchev–Trinajstić information content (AvgIpc) is 3.93. The van der Waals surface area contributed by atoms with Gasteiger partial charge in [-0.3, -0.25) is 0 Å². The second-order valence-corrected chi connectivity index (χ2v) is 26.4. The Balaban J connectivity index is 1.07. The smallest absolute Gasteiger partial charge is 0.198 e. The highest BCUT2D eigenvalue weighted by atomic mass is 32.2. The maximum absolute atomic E-state index is 3.29. The lowest BCUT2D eigenvalue weighted by atomic mass is 9.26. The van der Waals surface area contributed by atoms with Crippen LogP contribution in [-0.4, -0.2) is 61.5 Å². The van der Waals surface area contributed by atoms with Crippen molar-refractivity contribution in [1.82, 2.24) is 14.7 Å². The molecule has 1 spiro atoms. The molecule has 0 amide bonds.